The van der Waals surface area contributed by atoms with Gasteiger partial charge < -0.3 is 4.43 Å². The summed E-state index contributed by atoms with van der Waals surface area (Å²) in [5, 5.41) is 2.32. The highest BCUT2D eigenvalue weighted by Crippen LogP contribution is 2.48. The summed E-state index contributed by atoms with van der Waals surface area (Å²) in [5.74, 6) is 0.118. The van der Waals surface area contributed by atoms with Gasteiger partial charge in [0, 0.05) is 30.1 Å². The van der Waals surface area contributed by atoms with Crippen molar-refractivity contribution in [2.45, 2.75) is 64.5 Å². The lowest BCUT2D eigenvalue weighted by atomic mass is 9.60. The van der Waals surface area contributed by atoms with Crippen LogP contribution in [0.2, 0.25) is 5.04 Å². The van der Waals surface area contributed by atoms with Crippen molar-refractivity contribution in [1.82, 2.24) is 0 Å². The average Bonchev–Trinajstić information content (AvgIpc) is 2.82. The predicted octanol–water partition coefficient (Wildman–Crippen LogP) is 5.33. The zero-order valence-electron chi connectivity index (χ0n) is 21.0. The van der Waals surface area contributed by atoms with Gasteiger partial charge in [0.25, 0.3) is 8.32 Å². The smallest absolute Gasteiger partial charge is 0.261 e. The van der Waals surface area contributed by atoms with Crippen LogP contribution in [0.3, 0.4) is 0 Å². The summed E-state index contributed by atoms with van der Waals surface area (Å²) < 4.78 is 7.49. The summed E-state index contributed by atoms with van der Waals surface area (Å²) in [6, 6.07) is 21.3. The molecule has 0 radical (unpaired) electrons. The van der Waals surface area contributed by atoms with E-state index in [4.69, 9.17) is 4.43 Å². The van der Waals surface area contributed by atoms with Crippen molar-refractivity contribution in [3.63, 3.8) is 0 Å². The van der Waals surface area contributed by atoms with Gasteiger partial charge >= 0.3 is 0 Å². The predicted molar refractivity (Wildman–Crippen MR) is 141 cm³/mol. The number of carbonyl (C=O) groups excluding carboxylic acids is 2. The van der Waals surface area contributed by atoms with Crippen molar-refractivity contribution in [3.05, 3.63) is 73.3 Å². The van der Waals surface area contributed by atoms with Crippen molar-refractivity contribution < 1.29 is 14.0 Å². The van der Waals surface area contributed by atoms with Crippen LogP contribution in [-0.2, 0) is 14.0 Å². The van der Waals surface area contributed by atoms with Gasteiger partial charge in [-0.15, -0.1) is 6.58 Å². The highest BCUT2D eigenvalue weighted by Gasteiger charge is 2.56. The minimum absolute atomic E-state index is 0.0791. The van der Waals surface area contributed by atoms with Crippen LogP contribution in [0.1, 0.15) is 53.4 Å². The molecular weight excluding hydrogens is 436 g/mol. The van der Waals surface area contributed by atoms with E-state index in [9.17, 15) is 9.59 Å². The Balaban J connectivity index is 1.86. The van der Waals surface area contributed by atoms with Gasteiger partial charge in [0.05, 0.1) is 6.10 Å². The number of fused-ring (bicyclic) bond motifs is 1. The van der Waals surface area contributed by atoms with E-state index in [1.165, 1.54) is 10.4 Å². The molecule has 0 N–H and O–H groups in total. The maximum Gasteiger partial charge on any atom is 0.261 e. The van der Waals surface area contributed by atoms with Crippen molar-refractivity contribution >= 4 is 30.3 Å². The summed E-state index contributed by atoms with van der Waals surface area (Å²) in [5.41, 5.74) is 0. The summed E-state index contributed by atoms with van der Waals surface area (Å²) in [4.78, 5) is 26.4. The SMILES string of the molecule is C=CC[C@H]1C(=O)[C@@H](C)C[C@@H]2C(=O)CC[C@@H](O[Si](c3ccccc3)(c3ccccc3)C(C)(C)C)[C@@H]21. The second kappa shape index (κ2) is 9.75. The van der Waals surface area contributed by atoms with Crippen LogP contribution in [0.4, 0.5) is 0 Å². The van der Waals surface area contributed by atoms with Crippen LogP contribution < -0.4 is 10.4 Å². The summed E-state index contributed by atoms with van der Waals surface area (Å²) in [6.07, 6.45) is 4.19. The van der Waals surface area contributed by atoms with Crippen molar-refractivity contribution in [2.75, 3.05) is 0 Å². The van der Waals surface area contributed by atoms with Crippen LogP contribution >= 0.6 is 0 Å². The van der Waals surface area contributed by atoms with Crippen LogP contribution in [0.5, 0.6) is 0 Å². The van der Waals surface area contributed by atoms with Crippen LogP contribution in [-0.4, -0.2) is 26.0 Å². The van der Waals surface area contributed by atoms with Gasteiger partial charge in [-0.1, -0.05) is 94.4 Å². The van der Waals surface area contributed by atoms with Crippen LogP contribution in [0.25, 0.3) is 0 Å². The second-order valence-electron chi connectivity index (χ2n) is 11.2. The molecule has 34 heavy (non-hydrogen) atoms. The zero-order valence-corrected chi connectivity index (χ0v) is 22.0. The van der Waals surface area contributed by atoms with Gasteiger partial charge in [-0.3, -0.25) is 9.59 Å². The Bertz CT molecular complexity index is 985. The molecule has 2 fully saturated rings. The van der Waals surface area contributed by atoms with Crippen molar-refractivity contribution in [1.29, 1.82) is 0 Å². The number of rotatable bonds is 6. The topological polar surface area (TPSA) is 43.4 Å². The standard InChI is InChI=1S/C30H38O3Si/c1-6-13-24-28-25(20-21(2)29(24)32)26(31)18-19-27(28)33-34(30(3,4)5,22-14-9-7-10-15-22)23-16-11-8-12-17-23/h6-12,14-17,21,24-25,27-28H,1,13,18-20H2,2-5H3/t21-,24+,25+,27+,28+/m0/s1. The molecule has 0 heterocycles. The molecule has 2 saturated carbocycles. The van der Waals surface area contributed by atoms with Crippen LogP contribution in [0.15, 0.2) is 73.3 Å². The highest BCUT2D eigenvalue weighted by atomic mass is 28.4. The number of allylic oxidation sites excluding steroid dienone is 1. The largest absolute Gasteiger partial charge is 0.404 e. The molecule has 0 saturated heterocycles. The van der Waals surface area contributed by atoms with E-state index in [2.05, 4.69) is 75.9 Å². The number of hydrogen-bond donors (Lipinski definition) is 0. The Hall–Kier alpha value is -2.30. The Kier molecular flexibility index (Phi) is 7.11. The van der Waals surface area contributed by atoms with Gasteiger partial charge in [-0.05, 0) is 34.7 Å². The van der Waals surface area contributed by atoms with Gasteiger partial charge in [0.2, 0.25) is 0 Å². The third-order valence-electron chi connectivity index (χ3n) is 8.07. The molecule has 4 rings (SSSR count). The van der Waals surface area contributed by atoms with Crippen molar-refractivity contribution in [2.24, 2.45) is 23.7 Å². The summed E-state index contributed by atoms with van der Waals surface area (Å²) in [7, 11) is -2.78. The number of Topliss-reactive ketones (excluding diaryl/α,β-unsaturated/α-hetero) is 2. The molecule has 2 aliphatic rings. The molecule has 0 aromatic heterocycles. The van der Waals surface area contributed by atoms with Gasteiger partial charge in [0.1, 0.15) is 11.6 Å². The molecule has 0 aliphatic heterocycles. The number of ketones is 2. The molecule has 2 aromatic carbocycles. The third-order valence-corrected chi connectivity index (χ3v) is 13.1. The van der Waals surface area contributed by atoms with Crippen LogP contribution in [0, 0.1) is 23.7 Å². The molecule has 4 heteroatoms. The normalized spacial score (nSPS) is 27.8. The zero-order chi connectivity index (χ0) is 24.5. The maximum atomic E-state index is 13.3. The molecular formula is C30H38O3Si. The minimum atomic E-state index is -2.78. The lowest BCUT2D eigenvalue weighted by molar-refractivity contribution is -0.146. The minimum Gasteiger partial charge on any atom is -0.404 e. The summed E-state index contributed by atoms with van der Waals surface area (Å²) >= 11 is 0. The van der Waals surface area contributed by atoms with E-state index in [0.717, 1.165) is 0 Å². The fourth-order valence-electron chi connectivity index (χ4n) is 6.53. The van der Waals surface area contributed by atoms with E-state index < -0.39 is 8.32 Å². The van der Waals surface area contributed by atoms with E-state index >= 15 is 0 Å². The first-order valence-electron chi connectivity index (χ1n) is 12.7. The summed E-state index contributed by atoms with van der Waals surface area (Å²) in [6.45, 7) is 12.7. The Morgan fingerprint density at radius 1 is 1.00 bits per heavy atom. The first-order chi connectivity index (χ1) is 16.2. The number of benzene rings is 2. The van der Waals surface area contributed by atoms with E-state index in [1.54, 1.807) is 0 Å². The number of hydrogen-bond acceptors (Lipinski definition) is 3. The Morgan fingerprint density at radius 3 is 2.06 bits per heavy atom. The third kappa shape index (κ3) is 4.27. The van der Waals surface area contributed by atoms with Gasteiger partial charge in [-0.25, -0.2) is 0 Å². The van der Waals surface area contributed by atoms with Gasteiger partial charge in [-0.2, -0.15) is 0 Å². The number of carbonyl (C=O) groups is 2. The molecule has 180 valence electrons. The molecule has 0 spiro atoms. The monoisotopic (exact) mass is 474 g/mol. The molecule has 2 aromatic rings. The van der Waals surface area contributed by atoms with Crippen molar-refractivity contribution in [3.8, 4) is 0 Å². The Morgan fingerprint density at radius 2 is 1.56 bits per heavy atom. The molecule has 5 atom stereocenters. The molecule has 0 amide bonds. The Labute approximate surface area is 205 Å². The highest BCUT2D eigenvalue weighted by molar-refractivity contribution is 6.99. The van der Waals surface area contributed by atoms with E-state index in [1.807, 2.05) is 25.1 Å². The molecule has 0 unspecified atom stereocenters. The fourth-order valence-corrected chi connectivity index (χ4v) is 11.3. The first kappa shape index (κ1) is 24.8. The first-order valence-corrected chi connectivity index (χ1v) is 14.6. The maximum absolute atomic E-state index is 13.3. The van der Waals surface area contributed by atoms with E-state index in [0.29, 0.717) is 31.5 Å². The molecule has 3 nitrogen and oxygen atoms in total. The lowest BCUT2D eigenvalue weighted by Gasteiger charge is -2.51. The molecule has 0 bridgehead atoms. The second-order valence-corrected chi connectivity index (χ2v) is 15.4. The van der Waals surface area contributed by atoms with E-state index in [-0.39, 0.29) is 40.6 Å². The lowest BCUT2D eigenvalue weighted by Crippen LogP contribution is -2.69. The quantitative estimate of drug-likeness (QED) is 0.420. The average molecular weight is 475 g/mol. The molecule has 2 aliphatic carbocycles. The van der Waals surface area contributed by atoms with Gasteiger partial charge in [0.15, 0.2) is 0 Å². The fraction of sp³-hybridized carbons (Fsp3) is 0.467.